The van der Waals surface area contributed by atoms with Crippen LogP contribution in [0.3, 0.4) is 0 Å². The summed E-state index contributed by atoms with van der Waals surface area (Å²) >= 11 is 0. The van der Waals surface area contributed by atoms with Crippen molar-refractivity contribution in [2.24, 2.45) is 0 Å². The maximum absolute atomic E-state index is 12.7. The van der Waals surface area contributed by atoms with Crippen LogP contribution >= 0.6 is 0 Å². The zero-order chi connectivity index (χ0) is 14.4. The third kappa shape index (κ3) is 3.86. The molecule has 1 N–H and O–H groups in total. The first kappa shape index (κ1) is 14.1. The first-order chi connectivity index (χ1) is 9.69. The summed E-state index contributed by atoms with van der Waals surface area (Å²) in [5, 5.41) is 2.76. The molecule has 0 aliphatic heterocycles. The van der Waals surface area contributed by atoms with E-state index < -0.39 is 5.95 Å². The van der Waals surface area contributed by atoms with Crippen molar-refractivity contribution >= 4 is 5.91 Å². The average molecular weight is 274 g/mol. The fourth-order valence-corrected chi connectivity index (χ4v) is 1.79. The Hall–Kier alpha value is -2.27. The topological polar surface area (TPSA) is 51.2 Å². The van der Waals surface area contributed by atoms with Crippen molar-refractivity contribution in [1.82, 2.24) is 10.3 Å². The number of amides is 1. The monoisotopic (exact) mass is 274 g/mol. The largest absolute Gasteiger partial charge is 0.380 e. The van der Waals surface area contributed by atoms with Crippen molar-refractivity contribution in [2.75, 3.05) is 7.11 Å². The molecule has 20 heavy (non-hydrogen) atoms. The van der Waals surface area contributed by atoms with Crippen molar-refractivity contribution in [2.45, 2.75) is 13.2 Å². The van der Waals surface area contributed by atoms with Crippen LogP contribution < -0.4 is 5.32 Å². The van der Waals surface area contributed by atoms with Gasteiger partial charge in [-0.15, -0.1) is 0 Å². The lowest BCUT2D eigenvalue weighted by Gasteiger charge is -2.07. The summed E-state index contributed by atoms with van der Waals surface area (Å²) in [6.07, 6.45) is 1.21. The number of nitrogens with one attached hydrogen (secondary N) is 1. The fourth-order valence-electron chi connectivity index (χ4n) is 1.79. The molecule has 0 radical (unpaired) electrons. The highest BCUT2D eigenvalue weighted by atomic mass is 19.1. The Labute approximate surface area is 116 Å². The Morgan fingerprint density at radius 3 is 2.80 bits per heavy atom. The van der Waals surface area contributed by atoms with Crippen LogP contribution in [0, 0.1) is 5.95 Å². The number of carbonyl (C=O) groups excluding carboxylic acids is 1. The van der Waals surface area contributed by atoms with E-state index in [1.54, 1.807) is 7.11 Å². The van der Waals surface area contributed by atoms with Gasteiger partial charge in [0.1, 0.15) is 0 Å². The number of aromatic nitrogens is 1. The summed E-state index contributed by atoms with van der Waals surface area (Å²) in [7, 11) is 1.63. The van der Waals surface area contributed by atoms with Gasteiger partial charge >= 0.3 is 0 Å². The Balaban J connectivity index is 1.96. The van der Waals surface area contributed by atoms with Crippen molar-refractivity contribution < 1.29 is 13.9 Å². The number of ether oxygens (including phenoxy) is 1. The molecule has 5 heteroatoms. The number of halogens is 1. The number of pyridine rings is 1. The average Bonchev–Trinajstić information content (AvgIpc) is 2.46. The van der Waals surface area contributed by atoms with Crippen molar-refractivity contribution in [1.29, 1.82) is 0 Å². The molecule has 0 saturated heterocycles. The molecular weight excluding hydrogens is 259 g/mol. The van der Waals surface area contributed by atoms with E-state index in [2.05, 4.69) is 10.3 Å². The molecule has 2 aromatic rings. The van der Waals surface area contributed by atoms with Crippen LogP contribution in [0.25, 0.3) is 0 Å². The van der Waals surface area contributed by atoms with Gasteiger partial charge in [0.15, 0.2) is 0 Å². The van der Waals surface area contributed by atoms with Gasteiger partial charge in [-0.05, 0) is 23.3 Å². The summed E-state index contributed by atoms with van der Waals surface area (Å²) in [5.41, 5.74) is 2.35. The van der Waals surface area contributed by atoms with E-state index in [0.29, 0.717) is 18.7 Å². The molecule has 0 saturated carbocycles. The first-order valence-corrected chi connectivity index (χ1v) is 6.15. The van der Waals surface area contributed by atoms with Crippen LogP contribution in [0.4, 0.5) is 4.39 Å². The van der Waals surface area contributed by atoms with Gasteiger partial charge in [-0.2, -0.15) is 4.39 Å². The molecule has 0 fully saturated rings. The van der Waals surface area contributed by atoms with E-state index in [1.807, 2.05) is 24.3 Å². The molecule has 1 aromatic heterocycles. The normalized spacial score (nSPS) is 10.3. The molecule has 0 unspecified atom stereocenters. The minimum atomic E-state index is -0.603. The van der Waals surface area contributed by atoms with Gasteiger partial charge < -0.3 is 10.1 Å². The number of carbonyl (C=O) groups is 1. The molecule has 2 rings (SSSR count). The predicted octanol–water partition coefficient (Wildman–Crippen LogP) is 2.30. The van der Waals surface area contributed by atoms with E-state index >= 15 is 0 Å². The summed E-state index contributed by atoms with van der Waals surface area (Å²) in [6, 6.07) is 10.3. The maximum atomic E-state index is 12.7. The third-order valence-corrected chi connectivity index (χ3v) is 2.75. The smallest absolute Gasteiger partial charge is 0.253 e. The molecule has 0 aliphatic carbocycles. The molecule has 1 amide bonds. The quantitative estimate of drug-likeness (QED) is 0.851. The number of rotatable bonds is 5. The fraction of sp³-hybridized carbons (Fsp3) is 0.200. The standard InChI is InChI=1S/C15H15FN2O2/c1-20-10-12-4-2-3-11(7-12)8-18-15(19)13-5-6-14(16)17-9-13/h2-7,9H,8,10H2,1H3,(H,18,19). The van der Waals surface area contributed by atoms with Crippen molar-refractivity contribution in [3.63, 3.8) is 0 Å². The van der Waals surface area contributed by atoms with Crippen LogP contribution in [-0.4, -0.2) is 18.0 Å². The number of hydrogen-bond donors (Lipinski definition) is 1. The minimum Gasteiger partial charge on any atom is -0.380 e. The Morgan fingerprint density at radius 1 is 1.30 bits per heavy atom. The molecule has 0 spiro atoms. The lowest BCUT2D eigenvalue weighted by atomic mass is 10.1. The highest BCUT2D eigenvalue weighted by Gasteiger charge is 2.06. The van der Waals surface area contributed by atoms with Crippen LogP contribution in [0.15, 0.2) is 42.6 Å². The second-order valence-corrected chi connectivity index (χ2v) is 4.31. The van der Waals surface area contributed by atoms with E-state index in [1.165, 1.54) is 12.3 Å². The highest BCUT2D eigenvalue weighted by molar-refractivity contribution is 5.93. The number of benzene rings is 1. The minimum absolute atomic E-state index is 0.283. The number of hydrogen-bond acceptors (Lipinski definition) is 3. The van der Waals surface area contributed by atoms with E-state index in [0.717, 1.165) is 17.2 Å². The first-order valence-electron chi connectivity index (χ1n) is 6.15. The van der Waals surface area contributed by atoms with E-state index in [4.69, 9.17) is 4.74 Å². The van der Waals surface area contributed by atoms with Gasteiger partial charge in [-0.25, -0.2) is 4.98 Å². The van der Waals surface area contributed by atoms with Crippen LogP contribution in [0.5, 0.6) is 0 Å². The van der Waals surface area contributed by atoms with Gasteiger partial charge in [0.05, 0.1) is 12.2 Å². The molecule has 0 bridgehead atoms. The maximum Gasteiger partial charge on any atom is 0.253 e. The summed E-state index contributed by atoms with van der Waals surface area (Å²) in [6.45, 7) is 0.928. The molecule has 104 valence electrons. The molecular formula is C15H15FN2O2. The highest BCUT2D eigenvalue weighted by Crippen LogP contribution is 2.07. The Morgan fingerprint density at radius 2 is 2.10 bits per heavy atom. The van der Waals surface area contributed by atoms with Crippen LogP contribution in [0.1, 0.15) is 21.5 Å². The van der Waals surface area contributed by atoms with Gasteiger partial charge in [0.25, 0.3) is 5.91 Å². The summed E-state index contributed by atoms with van der Waals surface area (Å²) in [5.74, 6) is -0.886. The molecule has 4 nitrogen and oxygen atoms in total. The number of methoxy groups -OCH3 is 1. The van der Waals surface area contributed by atoms with Gasteiger partial charge in [0.2, 0.25) is 5.95 Å². The van der Waals surface area contributed by atoms with E-state index in [-0.39, 0.29) is 5.91 Å². The van der Waals surface area contributed by atoms with Crippen molar-refractivity contribution in [3.8, 4) is 0 Å². The summed E-state index contributed by atoms with van der Waals surface area (Å²) in [4.78, 5) is 15.3. The SMILES string of the molecule is COCc1cccc(CNC(=O)c2ccc(F)nc2)c1. The Kier molecular flexibility index (Phi) is 4.79. The second kappa shape index (κ2) is 6.77. The summed E-state index contributed by atoms with van der Waals surface area (Å²) < 4.78 is 17.7. The lowest BCUT2D eigenvalue weighted by molar-refractivity contribution is 0.0950. The Bertz CT molecular complexity index is 585. The zero-order valence-corrected chi connectivity index (χ0v) is 11.1. The van der Waals surface area contributed by atoms with Gasteiger partial charge in [0, 0.05) is 19.9 Å². The molecule has 0 atom stereocenters. The van der Waals surface area contributed by atoms with Gasteiger partial charge in [-0.1, -0.05) is 24.3 Å². The molecule has 1 aromatic carbocycles. The van der Waals surface area contributed by atoms with Crippen LogP contribution in [-0.2, 0) is 17.9 Å². The van der Waals surface area contributed by atoms with Crippen LogP contribution in [0.2, 0.25) is 0 Å². The second-order valence-electron chi connectivity index (χ2n) is 4.31. The third-order valence-electron chi connectivity index (χ3n) is 2.75. The van der Waals surface area contributed by atoms with Crippen molar-refractivity contribution in [3.05, 3.63) is 65.2 Å². The predicted molar refractivity (Wildman–Crippen MR) is 72.5 cm³/mol. The molecule has 1 heterocycles. The molecule has 0 aliphatic rings. The lowest BCUT2D eigenvalue weighted by Crippen LogP contribution is -2.23. The van der Waals surface area contributed by atoms with E-state index in [9.17, 15) is 9.18 Å². The zero-order valence-electron chi connectivity index (χ0n) is 11.1. The van der Waals surface area contributed by atoms with Gasteiger partial charge in [-0.3, -0.25) is 4.79 Å². The number of nitrogens with zero attached hydrogens (tertiary/aromatic N) is 1.